The molecule has 0 aromatic carbocycles. The zero-order chi connectivity index (χ0) is 15.7. The summed E-state index contributed by atoms with van der Waals surface area (Å²) in [5.41, 5.74) is 5.51. The molecule has 1 aliphatic carbocycles. The number of amides is 2. The molecule has 0 bridgehead atoms. The standard InChI is InChI=1S/C16H22N2O4/c17-15(20)14-8-10(9-22-14)16(21)18-7-3-5-12(18)11-4-1-2-6-13(11)19/h8-9,11-13,19H,1-7H2,(H2,17,20)/t11-,12-,13+/m1/s1. The second-order valence-corrected chi connectivity index (χ2v) is 6.29. The SMILES string of the molecule is NC(=O)c1cc(C(=O)N2CCC[C@@H]2[C@H]2CCCC[C@@H]2O)co1. The maximum atomic E-state index is 12.7. The van der Waals surface area contributed by atoms with Gasteiger partial charge in [0.1, 0.15) is 6.26 Å². The van der Waals surface area contributed by atoms with E-state index in [1.54, 1.807) is 0 Å². The summed E-state index contributed by atoms with van der Waals surface area (Å²) in [6, 6.07) is 1.48. The average molecular weight is 306 g/mol. The molecule has 1 aromatic heterocycles. The predicted octanol–water partition coefficient (Wildman–Crippen LogP) is 1.53. The molecule has 2 fully saturated rings. The summed E-state index contributed by atoms with van der Waals surface area (Å²) < 4.78 is 5.04. The largest absolute Gasteiger partial charge is 0.458 e. The van der Waals surface area contributed by atoms with Crippen molar-refractivity contribution in [1.82, 2.24) is 4.90 Å². The Labute approximate surface area is 129 Å². The topological polar surface area (TPSA) is 96.8 Å². The van der Waals surface area contributed by atoms with Gasteiger partial charge in [-0.25, -0.2) is 0 Å². The number of nitrogens with zero attached hydrogens (tertiary/aromatic N) is 1. The van der Waals surface area contributed by atoms with E-state index >= 15 is 0 Å². The molecule has 2 heterocycles. The quantitative estimate of drug-likeness (QED) is 0.885. The highest BCUT2D eigenvalue weighted by atomic mass is 16.3. The van der Waals surface area contributed by atoms with Gasteiger partial charge in [-0.05, 0) is 25.7 Å². The van der Waals surface area contributed by atoms with Gasteiger partial charge in [0.05, 0.1) is 11.7 Å². The summed E-state index contributed by atoms with van der Waals surface area (Å²) in [6.45, 7) is 0.684. The highest BCUT2D eigenvalue weighted by Crippen LogP contribution is 2.35. The Bertz CT molecular complexity index is 568. The molecule has 0 radical (unpaired) electrons. The molecule has 6 nitrogen and oxygen atoms in total. The third-order valence-electron chi connectivity index (χ3n) is 4.93. The molecule has 3 rings (SSSR count). The third kappa shape index (κ3) is 2.75. The van der Waals surface area contributed by atoms with E-state index in [1.165, 1.54) is 12.3 Å². The number of carbonyl (C=O) groups is 2. The lowest BCUT2D eigenvalue weighted by Gasteiger charge is -2.37. The minimum Gasteiger partial charge on any atom is -0.458 e. The number of rotatable bonds is 3. The number of hydrogen-bond donors (Lipinski definition) is 2. The van der Waals surface area contributed by atoms with Gasteiger partial charge in [0.2, 0.25) is 0 Å². The van der Waals surface area contributed by atoms with Crippen LogP contribution in [-0.2, 0) is 0 Å². The second-order valence-electron chi connectivity index (χ2n) is 6.29. The summed E-state index contributed by atoms with van der Waals surface area (Å²) in [5, 5.41) is 10.3. The molecule has 1 aliphatic heterocycles. The number of furan rings is 1. The second kappa shape index (κ2) is 6.12. The number of primary amides is 1. The van der Waals surface area contributed by atoms with E-state index in [4.69, 9.17) is 10.2 Å². The molecular weight excluding hydrogens is 284 g/mol. The molecular formula is C16H22N2O4. The first-order valence-corrected chi connectivity index (χ1v) is 7.95. The van der Waals surface area contributed by atoms with Crippen LogP contribution >= 0.6 is 0 Å². The smallest absolute Gasteiger partial charge is 0.284 e. The van der Waals surface area contributed by atoms with Crippen LogP contribution in [0, 0.1) is 5.92 Å². The summed E-state index contributed by atoms with van der Waals surface area (Å²) in [7, 11) is 0. The molecule has 2 amide bonds. The Morgan fingerprint density at radius 3 is 2.68 bits per heavy atom. The highest BCUT2D eigenvalue weighted by Gasteiger charge is 2.39. The van der Waals surface area contributed by atoms with E-state index in [0.717, 1.165) is 38.5 Å². The van der Waals surface area contributed by atoms with E-state index in [2.05, 4.69) is 0 Å². The normalized spacial score (nSPS) is 28.8. The van der Waals surface area contributed by atoms with Crippen molar-refractivity contribution in [2.75, 3.05) is 6.54 Å². The number of hydrogen-bond acceptors (Lipinski definition) is 4. The minimum atomic E-state index is -0.681. The summed E-state index contributed by atoms with van der Waals surface area (Å²) in [6.07, 6.45) is 6.79. The first kappa shape index (κ1) is 15.1. The average Bonchev–Trinajstić information content (AvgIpc) is 3.16. The molecule has 3 atom stereocenters. The van der Waals surface area contributed by atoms with Gasteiger partial charge in [-0.2, -0.15) is 0 Å². The van der Waals surface area contributed by atoms with E-state index in [-0.39, 0.29) is 29.7 Å². The van der Waals surface area contributed by atoms with Crippen molar-refractivity contribution < 1.29 is 19.1 Å². The van der Waals surface area contributed by atoms with Crippen molar-refractivity contribution in [2.45, 2.75) is 50.7 Å². The van der Waals surface area contributed by atoms with E-state index in [0.29, 0.717) is 12.1 Å². The Morgan fingerprint density at radius 1 is 1.23 bits per heavy atom. The minimum absolute atomic E-state index is 0.00296. The molecule has 1 saturated carbocycles. The lowest BCUT2D eigenvalue weighted by atomic mass is 9.80. The molecule has 1 saturated heterocycles. The van der Waals surface area contributed by atoms with Crippen LogP contribution in [0.3, 0.4) is 0 Å². The van der Waals surface area contributed by atoms with Crippen LogP contribution < -0.4 is 5.73 Å². The van der Waals surface area contributed by atoms with Gasteiger partial charge >= 0.3 is 0 Å². The van der Waals surface area contributed by atoms with Crippen LogP contribution in [0.2, 0.25) is 0 Å². The Morgan fingerprint density at radius 2 is 2.00 bits per heavy atom. The van der Waals surface area contributed by atoms with Gasteiger partial charge in [0.15, 0.2) is 5.76 Å². The van der Waals surface area contributed by atoms with E-state index < -0.39 is 5.91 Å². The maximum absolute atomic E-state index is 12.7. The summed E-state index contributed by atoms with van der Waals surface area (Å²) >= 11 is 0. The molecule has 0 spiro atoms. The van der Waals surface area contributed by atoms with Crippen LogP contribution in [-0.4, -0.2) is 40.5 Å². The van der Waals surface area contributed by atoms with Gasteiger partial charge in [0.25, 0.3) is 11.8 Å². The number of aliphatic hydroxyl groups excluding tert-OH is 1. The van der Waals surface area contributed by atoms with Crippen LogP contribution in [0.4, 0.5) is 0 Å². The molecule has 1 aromatic rings. The molecule has 3 N–H and O–H groups in total. The fraction of sp³-hybridized carbons (Fsp3) is 0.625. The van der Waals surface area contributed by atoms with E-state index in [1.807, 2.05) is 4.90 Å². The number of aliphatic hydroxyl groups is 1. The summed E-state index contributed by atoms with van der Waals surface area (Å²) in [5.74, 6) is -0.671. The zero-order valence-electron chi connectivity index (χ0n) is 12.5. The Balaban J connectivity index is 1.76. The number of carbonyl (C=O) groups excluding carboxylic acids is 2. The van der Waals surface area contributed by atoms with Gasteiger partial charge in [-0.1, -0.05) is 12.8 Å². The van der Waals surface area contributed by atoms with Crippen molar-refractivity contribution >= 4 is 11.8 Å². The first-order valence-electron chi connectivity index (χ1n) is 7.95. The van der Waals surface area contributed by atoms with Crippen molar-refractivity contribution in [3.8, 4) is 0 Å². The third-order valence-corrected chi connectivity index (χ3v) is 4.93. The lowest BCUT2D eigenvalue weighted by molar-refractivity contribution is 0.0211. The fourth-order valence-electron chi connectivity index (χ4n) is 3.82. The van der Waals surface area contributed by atoms with Crippen molar-refractivity contribution in [3.63, 3.8) is 0 Å². The van der Waals surface area contributed by atoms with Crippen LogP contribution in [0.5, 0.6) is 0 Å². The molecule has 22 heavy (non-hydrogen) atoms. The number of likely N-dealkylation sites (tertiary alicyclic amines) is 1. The van der Waals surface area contributed by atoms with Gasteiger partial charge < -0.3 is 20.2 Å². The zero-order valence-corrected chi connectivity index (χ0v) is 12.5. The van der Waals surface area contributed by atoms with Gasteiger partial charge in [0, 0.05) is 24.6 Å². The molecule has 2 aliphatic rings. The number of nitrogens with two attached hydrogens (primary N) is 1. The van der Waals surface area contributed by atoms with Crippen LogP contribution in [0.25, 0.3) is 0 Å². The Kier molecular flexibility index (Phi) is 4.20. The molecule has 6 heteroatoms. The Hall–Kier alpha value is -1.82. The van der Waals surface area contributed by atoms with Gasteiger partial charge in [-0.15, -0.1) is 0 Å². The van der Waals surface area contributed by atoms with Crippen LogP contribution in [0.15, 0.2) is 16.7 Å². The van der Waals surface area contributed by atoms with Crippen LogP contribution in [0.1, 0.15) is 59.4 Å². The fourth-order valence-corrected chi connectivity index (χ4v) is 3.82. The first-order chi connectivity index (χ1) is 10.6. The molecule has 120 valence electrons. The monoisotopic (exact) mass is 306 g/mol. The van der Waals surface area contributed by atoms with Crippen molar-refractivity contribution in [3.05, 3.63) is 23.7 Å². The molecule has 0 unspecified atom stereocenters. The van der Waals surface area contributed by atoms with Crippen molar-refractivity contribution in [1.29, 1.82) is 0 Å². The highest BCUT2D eigenvalue weighted by molar-refractivity contribution is 5.98. The lowest BCUT2D eigenvalue weighted by Crippen LogP contribution is -2.45. The predicted molar refractivity (Wildman–Crippen MR) is 79.2 cm³/mol. The maximum Gasteiger partial charge on any atom is 0.284 e. The van der Waals surface area contributed by atoms with Gasteiger partial charge in [-0.3, -0.25) is 9.59 Å². The summed E-state index contributed by atoms with van der Waals surface area (Å²) in [4.78, 5) is 25.6. The van der Waals surface area contributed by atoms with E-state index in [9.17, 15) is 14.7 Å². The van der Waals surface area contributed by atoms with Crippen molar-refractivity contribution in [2.24, 2.45) is 11.7 Å².